The van der Waals surface area contributed by atoms with Gasteiger partial charge in [-0.15, -0.1) is 0 Å². The van der Waals surface area contributed by atoms with E-state index >= 15 is 0 Å². The molecule has 2 nitrogen and oxygen atoms in total. The van der Waals surface area contributed by atoms with Crippen LogP contribution in [0.25, 0.3) is 0 Å². The highest BCUT2D eigenvalue weighted by Gasteiger charge is 2.40. The first-order valence-electron chi connectivity index (χ1n) is 3.18. The Hall–Kier alpha value is -0.500. The highest BCUT2D eigenvalue weighted by molar-refractivity contribution is 5.08. The van der Waals surface area contributed by atoms with Crippen molar-refractivity contribution in [2.75, 3.05) is 0 Å². The van der Waals surface area contributed by atoms with Gasteiger partial charge in [-0.1, -0.05) is 13.5 Å². The second kappa shape index (κ2) is 1.74. The summed E-state index contributed by atoms with van der Waals surface area (Å²) in [5, 5.41) is 9.00. The zero-order chi connectivity index (χ0) is 7.07. The zero-order valence-corrected chi connectivity index (χ0v) is 5.72. The molecule has 2 heteroatoms. The maximum Gasteiger partial charge on any atom is 0.0911 e. The van der Waals surface area contributed by atoms with Crippen molar-refractivity contribution in [1.82, 2.24) is 0 Å². The molecule has 0 aromatic rings. The van der Waals surface area contributed by atoms with Crippen LogP contribution < -0.4 is 5.73 Å². The van der Waals surface area contributed by atoms with Crippen molar-refractivity contribution in [2.45, 2.75) is 25.8 Å². The lowest BCUT2D eigenvalue weighted by molar-refractivity contribution is 0.112. The standard InChI is InChI=1S/C7H13NO/c1-5(9)7(2)3-6(8)4-7/h6,9H,1,3-4,8H2,2H3/t6-,7-. The summed E-state index contributed by atoms with van der Waals surface area (Å²) >= 11 is 0. The molecule has 0 aliphatic heterocycles. The first-order chi connectivity index (χ1) is 4.04. The molecule has 0 saturated heterocycles. The molecule has 0 aromatic heterocycles. The van der Waals surface area contributed by atoms with Gasteiger partial charge in [-0.2, -0.15) is 0 Å². The van der Waals surface area contributed by atoms with Crippen LogP contribution in [0.1, 0.15) is 19.8 Å². The summed E-state index contributed by atoms with van der Waals surface area (Å²) in [4.78, 5) is 0. The third-order valence-electron chi connectivity index (χ3n) is 2.12. The van der Waals surface area contributed by atoms with Crippen molar-refractivity contribution in [2.24, 2.45) is 11.1 Å². The Morgan fingerprint density at radius 3 is 2.33 bits per heavy atom. The predicted octanol–water partition coefficient (Wildman–Crippen LogP) is 1.19. The van der Waals surface area contributed by atoms with Crippen molar-refractivity contribution >= 4 is 0 Å². The van der Waals surface area contributed by atoms with E-state index in [1.54, 1.807) is 0 Å². The molecule has 1 aliphatic rings. The van der Waals surface area contributed by atoms with Gasteiger partial charge < -0.3 is 10.8 Å². The molecule has 0 spiro atoms. The number of allylic oxidation sites excluding steroid dienone is 1. The van der Waals surface area contributed by atoms with Gasteiger partial charge in [0.05, 0.1) is 5.76 Å². The first kappa shape index (κ1) is 6.62. The SMILES string of the molecule is C=C(O)[C@]1(C)C[C@@H](N)C1. The Morgan fingerprint density at radius 2 is 2.22 bits per heavy atom. The molecule has 1 aliphatic carbocycles. The van der Waals surface area contributed by atoms with Gasteiger partial charge in [0.2, 0.25) is 0 Å². The molecule has 52 valence electrons. The number of nitrogens with two attached hydrogens (primary N) is 1. The van der Waals surface area contributed by atoms with E-state index in [1.165, 1.54) is 0 Å². The van der Waals surface area contributed by atoms with Gasteiger partial charge in [-0.05, 0) is 12.8 Å². The second-order valence-corrected chi connectivity index (χ2v) is 3.18. The molecule has 9 heavy (non-hydrogen) atoms. The lowest BCUT2D eigenvalue weighted by Gasteiger charge is -2.42. The van der Waals surface area contributed by atoms with Gasteiger partial charge in [-0.25, -0.2) is 0 Å². The Bertz CT molecular complexity index is 136. The summed E-state index contributed by atoms with van der Waals surface area (Å²) in [5.74, 6) is 0.282. The van der Waals surface area contributed by atoms with Gasteiger partial charge >= 0.3 is 0 Å². The van der Waals surface area contributed by atoms with E-state index in [2.05, 4.69) is 6.58 Å². The highest BCUT2D eigenvalue weighted by Crippen LogP contribution is 2.43. The smallest absolute Gasteiger partial charge is 0.0911 e. The fourth-order valence-electron chi connectivity index (χ4n) is 1.33. The molecule has 1 rings (SSSR count). The molecule has 0 bridgehead atoms. The lowest BCUT2D eigenvalue weighted by atomic mass is 9.66. The van der Waals surface area contributed by atoms with Gasteiger partial charge in [0.15, 0.2) is 0 Å². The quantitative estimate of drug-likeness (QED) is 0.520. The Kier molecular flexibility index (Phi) is 1.28. The number of aliphatic hydroxyl groups is 1. The van der Waals surface area contributed by atoms with Crippen LogP contribution in [0.5, 0.6) is 0 Å². The number of rotatable bonds is 1. The summed E-state index contributed by atoms with van der Waals surface area (Å²) in [7, 11) is 0. The maximum atomic E-state index is 9.00. The van der Waals surface area contributed by atoms with Crippen LogP contribution in [0.4, 0.5) is 0 Å². The molecule has 0 amide bonds. The molecule has 3 N–H and O–H groups in total. The largest absolute Gasteiger partial charge is 0.512 e. The van der Waals surface area contributed by atoms with Gasteiger partial charge in [0.1, 0.15) is 0 Å². The molecular formula is C7H13NO. The van der Waals surface area contributed by atoms with Crippen LogP contribution in [0, 0.1) is 5.41 Å². The Morgan fingerprint density at radius 1 is 1.78 bits per heavy atom. The van der Waals surface area contributed by atoms with Gasteiger partial charge in [-0.3, -0.25) is 0 Å². The molecule has 0 aromatic carbocycles. The molecule has 1 saturated carbocycles. The van der Waals surface area contributed by atoms with Gasteiger partial charge in [0.25, 0.3) is 0 Å². The Balaban J connectivity index is 2.50. The van der Waals surface area contributed by atoms with Crippen molar-refractivity contribution in [3.8, 4) is 0 Å². The summed E-state index contributed by atoms with van der Waals surface area (Å²) in [5.41, 5.74) is 5.47. The average Bonchev–Trinajstić information content (AvgIpc) is 1.62. The average molecular weight is 127 g/mol. The third-order valence-corrected chi connectivity index (χ3v) is 2.12. The van der Waals surface area contributed by atoms with Crippen LogP contribution in [0.2, 0.25) is 0 Å². The fourth-order valence-corrected chi connectivity index (χ4v) is 1.33. The monoisotopic (exact) mass is 127 g/mol. The first-order valence-corrected chi connectivity index (χ1v) is 3.18. The predicted molar refractivity (Wildman–Crippen MR) is 37.1 cm³/mol. The second-order valence-electron chi connectivity index (χ2n) is 3.18. The number of hydrogen-bond donors (Lipinski definition) is 2. The minimum absolute atomic E-state index is 0.0700. The van der Waals surface area contributed by atoms with E-state index in [4.69, 9.17) is 10.8 Å². The summed E-state index contributed by atoms with van der Waals surface area (Å²) in [6.07, 6.45) is 1.75. The van der Waals surface area contributed by atoms with Crippen LogP contribution in [-0.4, -0.2) is 11.1 Å². The van der Waals surface area contributed by atoms with E-state index in [-0.39, 0.29) is 17.2 Å². The van der Waals surface area contributed by atoms with Crippen molar-refractivity contribution in [1.29, 1.82) is 0 Å². The number of hydrogen-bond acceptors (Lipinski definition) is 2. The summed E-state index contributed by atoms with van der Waals surface area (Å²) in [6, 6.07) is 0.277. The molecule has 0 heterocycles. The molecule has 0 unspecified atom stereocenters. The summed E-state index contributed by atoms with van der Waals surface area (Å²) < 4.78 is 0. The van der Waals surface area contributed by atoms with E-state index in [0.717, 1.165) is 12.8 Å². The van der Waals surface area contributed by atoms with Crippen LogP contribution >= 0.6 is 0 Å². The fraction of sp³-hybridized carbons (Fsp3) is 0.714. The number of aliphatic hydroxyl groups excluding tert-OH is 1. The van der Waals surface area contributed by atoms with E-state index in [9.17, 15) is 0 Å². The van der Waals surface area contributed by atoms with Crippen LogP contribution in [-0.2, 0) is 0 Å². The van der Waals surface area contributed by atoms with E-state index in [1.807, 2.05) is 6.92 Å². The minimum Gasteiger partial charge on any atom is -0.512 e. The molecule has 0 radical (unpaired) electrons. The van der Waals surface area contributed by atoms with Crippen molar-refractivity contribution in [3.05, 3.63) is 12.3 Å². The highest BCUT2D eigenvalue weighted by atomic mass is 16.3. The molecular weight excluding hydrogens is 114 g/mol. The van der Waals surface area contributed by atoms with Crippen LogP contribution in [0.3, 0.4) is 0 Å². The lowest BCUT2D eigenvalue weighted by Crippen LogP contribution is -2.45. The molecule has 0 atom stereocenters. The van der Waals surface area contributed by atoms with Crippen LogP contribution in [0.15, 0.2) is 12.3 Å². The summed E-state index contributed by atoms with van der Waals surface area (Å²) in [6.45, 7) is 5.47. The molecule has 1 fully saturated rings. The maximum absolute atomic E-state index is 9.00. The topological polar surface area (TPSA) is 46.2 Å². The van der Waals surface area contributed by atoms with Crippen molar-refractivity contribution < 1.29 is 5.11 Å². The Labute approximate surface area is 55.4 Å². The zero-order valence-electron chi connectivity index (χ0n) is 5.72. The van der Waals surface area contributed by atoms with Crippen molar-refractivity contribution in [3.63, 3.8) is 0 Å². The minimum atomic E-state index is -0.0700. The van der Waals surface area contributed by atoms with Gasteiger partial charge in [0, 0.05) is 11.5 Å². The third kappa shape index (κ3) is 0.944. The van der Waals surface area contributed by atoms with E-state index in [0.29, 0.717) is 0 Å². The normalized spacial score (nSPS) is 41.8. The van der Waals surface area contributed by atoms with E-state index < -0.39 is 0 Å².